The minimum atomic E-state index is -6.09. The molecule has 198 valence electrons. The zero-order chi connectivity index (χ0) is 27.9. The van der Waals surface area contributed by atoms with Crippen molar-refractivity contribution in [1.82, 2.24) is 0 Å². The molecular formula is C6H9F9N6O9S3. The van der Waals surface area contributed by atoms with Crippen LogP contribution in [0.1, 0.15) is 0 Å². The van der Waals surface area contributed by atoms with Crippen LogP contribution in [0.2, 0.25) is 0 Å². The highest BCUT2D eigenvalue weighted by Gasteiger charge is 2.38. The molecule has 33 heavy (non-hydrogen) atoms. The maximum atomic E-state index is 10.7. The van der Waals surface area contributed by atoms with E-state index in [1.807, 2.05) is 0 Å². The topological polar surface area (TPSA) is 292 Å². The fraction of sp³-hybridized carbons (Fsp3) is 0.500. The molecule has 1 aromatic heterocycles. The van der Waals surface area contributed by atoms with Crippen molar-refractivity contribution < 1.29 is 93.4 Å². The van der Waals surface area contributed by atoms with Crippen LogP contribution in [0.3, 0.4) is 0 Å². The first-order valence-corrected chi connectivity index (χ1v) is 10.4. The molecule has 1 aromatic rings. The highest BCUT2D eigenvalue weighted by molar-refractivity contribution is 7.87. The minimum absolute atomic E-state index is 0.323. The van der Waals surface area contributed by atoms with E-state index in [2.05, 4.69) is 15.0 Å². The van der Waals surface area contributed by atoms with Gasteiger partial charge < -0.3 is 19.4 Å². The van der Waals surface area contributed by atoms with Gasteiger partial charge in [-0.2, -0.15) is 39.5 Å². The van der Waals surface area contributed by atoms with Gasteiger partial charge in [0.05, 0.1) is 0 Å². The van der Waals surface area contributed by atoms with E-state index in [0.717, 1.165) is 0 Å². The highest BCUT2D eigenvalue weighted by Crippen LogP contribution is 2.21. The first-order valence-electron chi connectivity index (χ1n) is 6.18. The Kier molecular flexibility index (Phi) is 12.3. The van der Waals surface area contributed by atoms with Crippen LogP contribution in [0.25, 0.3) is 0 Å². The lowest BCUT2D eigenvalue weighted by molar-refractivity contribution is -0.606. The lowest BCUT2D eigenvalue weighted by Gasteiger charge is -2.08. The number of nitrogens with one attached hydrogen (secondary N) is 3. The summed E-state index contributed by atoms with van der Waals surface area (Å²) in [6, 6.07) is 0. The molecule has 0 saturated heterocycles. The lowest BCUT2D eigenvalue weighted by Crippen LogP contribution is -2.38. The molecule has 1 rings (SSSR count). The second-order valence-corrected chi connectivity index (χ2v) is 8.43. The molecule has 27 heteroatoms. The van der Waals surface area contributed by atoms with Crippen molar-refractivity contribution in [2.45, 2.75) is 16.5 Å². The molecule has 0 bridgehead atoms. The van der Waals surface area contributed by atoms with Crippen molar-refractivity contribution in [3.05, 3.63) is 0 Å². The smallest absolute Gasteiger partial charge is 0.498 e. The van der Waals surface area contributed by atoms with E-state index in [9.17, 15) is 39.5 Å². The number of aromatic amines is 3. The minimum Gasteiger partial charge on any atom is -0.741 e. The molecular weight excluding hydrogens is 567 g/mol. The van der Waals surface area contributed by atoms with E-state index in [0.29, 0.717) is 17.8 Å². The molecule has 0 unspecified atom stereocenters. The Bertz CT molecular complexity index is 932. The van der Waals surface area contributed by atoms with E-state index >= 15 is 0 Å². The zero-order valence-corrected chi connectivity index (χ0v) is 17.0. The van der Waals surface area contributed by atoms with Gasteiger partial charge in [-0.25, -0.2) is 36.7 Å². The van der Waals surface area contributed by atoms with Gasteiger partial charge >= 0.3 is 34.4 Å². The molecule has 0 atom stereocenters. The Labute approximate surface area is 176 Å². The monoisotopic (exact) mass is 576 g/mol. The predicted molar refractivity (Wildman–Crippen MR) is 76.6 cm³/mol. The molecule has 0 aliphatic rings. The number of alkyl halides is 9. The first-order chi connectivity index (χ1) is 13.9. The second-order valence-electron chi connectivity index (χ2n) is 4.32. The summed E-state index contributed by atoms with van der Waals surface area (Å²) >= 11 is 0. The van der Waals surface area contributed by atoms with Gasteiger partial charge in [0.1, 0.15) is 0 Å². The highest BCUT2D eigenvalue weighted by atomic mass is 32.2. The Morgan fingerprint density at radius 1 is 0.485 bits per heavy atom. The van der Waals surface area contributed by atoms with Crippen molar-refractivity contribution in [3.8, 4) is 0 Å². The Balaban J connectivity index is -0.000000364. The first kappa shape index (κ1) is 35.1. The van der Waals surface area contributed by atoms with E-state index in [-0.39, 0.29) is 0 Å². The molecule has 0 amide bonds. The van der Waals surface area contributed by atoms with E-state index < -0.39 is 46.9 Å². The number of hydrogen-bond acceptors (Lipinski definition) is 12. The Hall–Kier alpha value is -2.49. The van der Waals surface area contributed by atoms with Crippen LogP contribution < -0.4 is 32.2 Å². The number of anilines is 3. The summed E-state index contributed by atoms with van der Waals surface area (Å²) in [7, 11) is -18.3. The number of nitrogen functional groups attached to an aromatic ring is 3. The molecule has 1 heterocycles. The molecule has 0 aliphatic carbocycles. The fourth-order valence-corrected chi connectivity index (χ4v) is 0.529. The molecule has 0 spiro atoms. The molecule has 0 saturated carbocycles. The van der Waals surface area contributed by atoms with Crippen molar-refractivity contribution in [2.24, 2.45) is 0 Å². The van der Waals surface area contributed by atoms with E-state index in [1.54, 1.807) is 0 Å². The van der Waals surface area contributed by atoms with Crippen molar-refractivity contribution >= 4 is 48.2 Å². The largest absolute Gasteiger partial charge is 0.741 e. The molecule has 0 aromatic carbocycles. The van der Waals surface area contributed by atoms with Gasteiger partial charge in [-0.15, -0.1) is 15.0 Å². The summed E-state index contributed by atoms with van der Waals surface area (Å²) in [5, 5.41) is 0. The van der Waals surface area contributed by atoms with Gasteiger partial charge in [-0.3, -0.25) is 0 Å². The third-order valence-corrected chi connectivity index (χ3v) is 3.36. The summed E-state index contributed by atoms with van der Waals surface area (Å²) < 4.78 is 177. The molecule has 0 aliphatic heterocycles. The van der Waals surface area contributed by atoms with Crippen LogP contribution >= 0.6 is 0 Å². The number of halogens is 9. The Morgan fingerprint density at radius 3 is 0.636 bits per heavy atom. The zero-order valence-electron chi connectivity index (χ0n) is 14.5. The van der Waals surface area contributed by atoms with Crippen LogP contribution in [-0.2, 0) is 30.4 Å². The van der Waals surface area contributed by atoms with Crippen molar-refractivity contribution in [1.29, 1.82) is 0 Å². The summed E-state index contributed by atoms with van der Waals surface area (Å²) in [6.07, 6.45) is 0. The Morgan fingerprint density at radius 2 is 0.576 bits per heavy atom. The third kappa shape index (κ3) is 16.8. The molecule has 0 radical (unpaired) electrons. The maximum Gasteiger partial charge on any atom is 0.498 e. The second kappa shape index (κ2) is 11.6. The quantitative estimate of drug-likeness (QED) is 0.158. The lowest BCUT2D eigenvalue weighted by atomic mass is 10.9. The van der Waals surface area contributed by atoms with Crippen LogP contribution in [0.4, 0.5) is 57.4 Å². The SMILES string of the molecule is Nc1[nH+]c(N)[nH+]c(N)[nH+]1.O=S(=O)([O-])C(F)(F)F.O=S(=O)([O-])C(F)(F)F.O=S(=O)([O-])C(F)(F)F. The summed E-state index contributed by atoms with van der Waals surface area (Å²) in [4.78, 5) is 7.73. The van der Waals surface area contributed by atoms with Crippen molar-refractivity contribution in [3.63, 3.8) is 0 Å². The van der Waals surface area contributed by atoms with Crippen LogP contribution in [0, 0.1) is 0 Å². The summed E-state index contributed by atoms with van der Waals surface area (Å²) in [6.45, 7) is 0. The van der Waals surface area contributed by atoms with Gasteiger partial charge in [0.15, 0.2) is 30.4 Å². The fourth-order valence-electron chi connectivity index (χ4n) is 0.529. The summed E-state index contributed by atoms with van der Waals surface area (Å²) in [5.74, 6) is 0.969. The maximum absolute atomic E-state index is 10.7. The average Bonchev–Trinajstić information content (AvgIpc) is 2.40. The van der Waals surface area contributed by atoms with Gasteiger partial charge in [0.25, 0.3) is 0 Å². The number of H-pyrrole nitrogens is 3. The average molecular weight is 576 g/mol. The number of rotatable bonds is 0. The van der Waals surface area contributed by atoms with E-state index in [1.165, 1.54) is 0 Å². The van der Waals surface area contributed by atoms with Gasteiger partial charge in [-0.1, -0.05) is 0 Å². The number of nitrogens with two attached hydrogens (primary N) is 3. The van der Waals surface area contributed by atoms with Gasteiger partial charge in [0.2, 0.25) is 0 Å². The predicted octanol–water partition coefficient (Wildman–Crippen LogP) is -2.97. The van der Waals surface area contributed by atoms with Gasteiger partial charge in [-0.05, 0) is 0 Å². The van der Waals surface area contributed by atoms with Gasteiger partial charge in [0, 0.05) is 0 Å². The van der Waals surface area contributed by atoms with E-state index in [4.69, 9.17) is 56.1 Å². The van der Waals surface area contributed by atoms with Crippen LogP contribution in [-0.4, -0.2) is 55.4 Å². The van der Waals surface area contributed by atoms with Crippen LogP contribution in [0.5, 0.6) is 0 Å². The molecule has 9 N–H and O–H groups in total. The third-order valence-electron chi connectivity index (χ3n) is 1.66. The molecule has 0 fully saturated rings. The standard InChI is InChI=1S/C3H6N6.3CHF3O3S/c4-1-7-2(5)9-3(6)8-1;3*2-1(3,4)8(5,6)7/h(H6,4,5,6,7,8,9);3*(H,5,6,7). The number of aromatic nitrogens is 3. The van der Waals surface area contributed by atoms with Crippen LogP contribution in [0.15, 0.2) is 0 Å². The summed E-state index contributed by atoms with van der Waals surface area (Å²) in [5.41, 5.74) is -1.13. The number of hydrogen-bond donors (Lipinski definition) is 3. The normalized spacial score (nSPS) is 12.7. The molecule has 15 nitrogen and oxygen atoms in total. The van der Waals surface area contributed by atoms with Crippen molar-refractivity contribution in [2.75, 3.05) is 17.2 Å².